The van der Waals surface area contributed by atoms with Gasteiger partial charge in [-0.25, -0.2) is 14.4 Å². The van der Waals surface area contributed by atoms with Gasteiger partial charge in [-0.1, -0.05) is 154 Å². The molecule has 0 saturated heterocycles. The zero-order chi connectivity index (χ0) is 81.2. The van der Waals surface area contributed by atoms with Gasteiger partial charge < -0.3 is 9.97 Å². The second-order valence-electron chi connectivity index (χ2n) is 30.7. The summed E-state index contributed by atoms with van der Waals surface area (Å²) in [5, 5.41) is 8.03. The second kappa shape index (κ2) is 41.7. The molecule has 0 saturated carbocycles. The van der Waals surface area contributed by atoms with Crippen LogP contribution in [0.1, 0.15) is 146 Å². The first kappa shape index (κ1) is 83.9. The van der Waals surface area contributed by atoms with Crippen molar-refractivity contribution in [3.05, 3.63) is 374 Å². The summed E-state index contributed by atoms with van der Waals surface area (Å²) in [6, 6.07) is 57.1. The average Bonchev–Trinajstić information content (AvgIpc) is 0.920. The summed E-state index contributed by atoms with van der Waals surface area (Å²) >= 11 is 6.13. The van der Waals surface area contributed by atoms with Crippen LogP contribution in [0.3, 0.4) is 0 Å². The lowest BCUT2D eigenvalue weighted by atomic mass is 9.77. The van der Waals surface area contributed by atoms with Crippen molar-refractivity contribution in [2.45, 2.75) is 159 Å². The molecule has 19 heteroatoms. The first-order valence-electron chi connectivity index (χ1n) is 40.2. The molecular formula is C97H107ClFN17. The van der Waals surface area contributed by atoms with E-state index in [0.717, 1.165) is 158 Å². The molecule has 0 fully saturated rings. The lowest BCUT2D eigenvalue weighted by Crippen LogP contribution is -2.29. The van der Waals surface area contributed by atoms with E-state index in [1.54, 1.807) is 18.9 Å². The van der Waals surface area contributed by atoms with Crippen molar-refractivity contribution in [1.82, 2.24) is 84.4 Å². The molecule has 15 aromatic rings. The average molecular weight is 1570 g/mol. The third kappa shape index (κ3) is 24.1. The molecule has 0 aliphatic carbocycles. The van der Waals surface area contributed by atoms with E-state index in [0.29, 0.717) is 18.1 Å². The number of rotatable bonds is 30. The zero-order valence-corrected chi connectivity index (χ0v) is 69.4. The number of aryl methyl sites for hydroxylation is 7. The molecule has 594 valence electrons. The minimum atomic E-state index is -0.333. The quantitative estimate of drug-likeness (QED) is 0.0433. The molecule has 116 heavy (non-hydrogen) atoms. The number of pyridine rings is 9. The van der Waals surface area contributed by atoms with Crippen molar-refractivity contribution in [1.29, 1.82) is 0 Å². The molecule has 11 heterocycles. The maximum Gasteiger partial charge on any atom is 0.123 e. The summed E-state index contributed by atoms with van der Waals surface area (Å²) in [6.45, 7) is 31.2. The number of H-pyrrole nitrogens is 2. The van der Waals surface area contributed by atoms with Crippen LogP contribution in [0, 0.1) is 54.3 Å². The van der Waals surface area contributed by atoms with E-state index in [9.17, 15) is 4.39 Å². The van der Waals surface area contributed by atoms with Gasteiger partial charge in [0.15, 0.2) is 0 Å². The molecule has 15 rings (SSSR count). The van der Waals surface area contributed by atoms with Crippen molar-refractivity contribution in [2.24, 2.45) is 0 Å². The molecule has 2 N–H and O–H groups in total. The van der Waals surface area contributed by atoms with Crippen LogP contribution in [-0.2, 0) is 77.0 Å². The predicted octanol–water partition coefficient (Wildman–Crippen LogP) is 20.0. The Balaban J connectivity index is 0.000000143. The summed E-state index contributed by atoms with van der Waals surface area (Å²) in [5.74, 6) is -0.234. The highest BCUT2D eigenvalue weighted by molar-refractivity contribution is 6.30. The Morgan fingerprint density at radius 3 is 1.16 bits per heavy atom. The third-order valence-electron chi connectivity index (χ3n) is 21.3. The van der Waals surface area contributed by atoms with E-state index in [1.165, 1.54) is 96.4 Å². The van der Waals surface area contributed by atoms with Gasteiger partial charge in [0.1, 0.15) is 5.82 Å². The van der Waals surface area contributed by atoms with Crippen LogP contribution in [-0.4, -0.2) is 111 Å². The van der Waals surface area contributed by atoms with Gasteiger partial charge in [-0.3, -0.25) is 64.5 Å². The Labute approximate surface area is 688 Å². The van der Waals surface area contributed by atoms with Crippen LogP contribution >= 0.6 is 11.6 Å². The van der Waals surface area contributed by atoms with E-state index in [-0.39, 0.29) is 11.2 Å². The molecule has 0 atom stereocenters. The maximum atomic E-state index is 13.6. The first-order chi connectivity index (χ1) is 56.4. The molecule has 17 nitrogen and oxygen atoms in total. The number of halogens is 2. The normalized spacial score (nSPS) is 11.5. The monoisotopic (exact) mass is 1560 g/mol. The fraction of sp³-hybridized carbons (Fsp3) is 0.289. The van der Waals surface area contributed by atoms with Crippen molar-refractivity contribution in [3.63, 3.8) is 0 Å². The summed E-state index contributed by atoms with van der Waals surface area (Å²) in [5.41, 5.74) is 22.3. The molecule has 0 bridgehead atoms. The predicted molar refractivity (Wildman–Crippen MR) is 467 cm³/mol. The molecular weight excluding hydrogens is 1460 g/mol. The van der Waals surface area contributed by atoms with Crippen LogP contribution in [0.15, 0.2) is 251 Å². The van der Waals surface area contributed by atoms with Crippen LogP contribution in [0.25, 0.3) is 32.3 Å². The summed E-state index contributed by atoms with van der Waals surface area (Å²) in [7, 11) is 0. The SMILES string of the molecule is CCCCN(Cc1ncc(C)cc1C)Cc1nccc2ccccc12.Cc1cc(Cl)cnc1CN(CCc1cnc[nH]1)Cc1ncccc1C(C)(C)c1ccc(F)cc1.Cc1cnc(CN(CCc2ccccn2)Cc2nccc3ccccc23)c(C)c1.Cc1cnc(CN(CCc2cnc[nH]2)Cc2nccc3ccccc23)c(C)c1. The van der Waals surface area contributed by atoms with Crippen LogP contribution in [0.5, 0.6) is 0 Å². The highest BCUT2D eigenvalue weighted by Gasteiger charge is 2.28. The summed E-state index contributed by atoms with van der Waals surface area (Å²) in [6.07, 6.45) is 29.2. The molecule has 0 aliphatic heterocycles. The Kier molecular flexibility index (Phi) is 30.2. The van der Waals surface area contributed by atoms with Crippen LogP contribution in [0.2, 0.25) is 5.02 Å². The fourth-order valence-electron chi connectivity index (χ4n) is 14.7. The van der Waals surface area contributed by atoms with Gasteiger partial charge in [-0.2, -0.15) is 0 Å². The first-order valence-corrected chi connectivity index (χ1v) is 40.5. The van der Waals surface area contributed by atoms with Gasteiger partial charge in [0.25, 0.3) is 0 Å². The largest absolute Gasteiger partial charge is 0.348 e. The number of hydrogen-bond acceptors (Lipinski definition) is 15. The topological polar surface area (TPSA) is 186 Å². The van der Waals surface area contributed by atoms with Crippen molar-refractivity contribution in [2.75, 3.05) is 26.2 Å². The lowest BCUT2D eigenvalue weighted by molar-refractivity contribution is 0.247. The van der Waals surface area contributed by atoms with E-state index in [4.69, 9.17) is 26.6 Å². The number of nitrogens with zero attached hydrogens (tertiary/aromatic N) is 15. The molecule has 0 spiro atoms. The van der Waals surface area contributed by atoms with Gasteiger partial charge in [0.2, 0.25) is 0 Å². The number of aromatic nitrogens is 13. The minimum Gasteiger partial charge on any atom is -0.348 e. The number of nitrogens with one attached hydrogen (secondary N) is 2. The highest BCUT2D eigenvalue weighted by atomic mass is 35.5. The van der Waals surface area contributed by atoms with Crippen LogP contribution < -0.4 is 0 Å². The summed E-state index contributed by atoms with van der Waals surface area (Å²) < 4.78 is 13.6. The Morgan fingerprint density at radius 2 is 0.750 bits per heavy atom. The molecule has 0 amide bonds. The van der Waals surface area contributed by atoms with Crippen molar-refractivity contribution >= 4 is 43.9 Å². The van der Waals surface area contributed by atoms with E-state index >= 15 is 0 Å². The molecule has 0 aliphatic rings. The van der Waals surface area contributed by atoms with Crippen molar-refractivity contribution < 1.29 is 4.39 Å². The maximum absolute atomic E-state index is 13.6. The number of benzene rings is 4. The van der Waals surface area contributed by atoms with Gasteiger partial charge in [-0.15, -0.1) is 0 Å². The Morgan fingerprint density at radius 1 is 0.362 bits per heavy atom. The smallest absolute Gasteiger partial charge is 0.123 e. The number of aromatic amines is 2. The van der Waals surface area contributed by atoms with Gasteiger partial charge in [0, 0.05) is 198 Å². The van der Waals surface area contributed by atoms with E-state index in [2.05, 4.69) is 253 Å². The van der Waals surface area contributed by atoms with Crippen molar-refractivity contribution in [3.8, 4) is 0 Å². The lowest BCUT2D eigenvalue weighted by Gasteiger charge is -2.30. The standard InChI is InChI=1S/C27H29ClFN5.C25H26N4.C23H25N5.C22H27N3/c1-19-13-21(28)14-32-25(19)16-34(12-10-23-15-30-18-33-23)17-26-24(5-4-11-31-26)27(2,3)20-6-8-22(29)9-7-20;1-19-15-20(2)24(28-16-19)17-29(14-11-22-8-5-6-12-26-22)18-25-23-9-4-3-7-21(23)10-13-27-25;1-17-11-18(2)22(26-12-17)14-28(10-8-20-13-24-16-27-20)15-23-21-6-4-3-5-19(21)7-9-25-23;1-4-5-12-25(15-21-18(3)13-17(2)14-24-21)16-22-20-9-7-6-8-19(20)10-11-23-22/h4-9,11,13-15,18H,10,12,16-17H2,1-3H3,(H,30,33);3-10,12-13,15-16H,11,14,17-18H2,1-2H3;3-7,9,11-13,16H,8,10,14-15H2,1-2H3,(H,24,27);6-11,13-14H,4-5,12,15-16H2,1-3H3. The van der Waals surface area contributed by atoms with E-state index in [1.807, 2.05) is 105 Å². The molecule has 11 aromatic heterocycles. The number of hydrogen-bond donors (Lipinski definition) is 2. The Bertz CT molecular complexity index is 5570. The minimum absolute atomic E-state index is 0.234. The second-order valence-corrected chi connectivity index (χ2v) is 31.2. The third-order valence-corrected chi connectivity index (χ3v) is 21.5. The number of unbranched alkanes of at least 4 members (excludes halogenated alkanes) is 1. The molecule has 0 unspecified atom stereocenters. The fourth-order valence-corrected chi connectivity index (χ4v) is 14.9. The molecule has 4 aromatic carbocycles. The Hall–Kier alpha value is -11.5. The summed E-state index contributed by atoms with van der Waals surface area (Å²) in [4.78, 5) is 66.3. The zero-order valence-electron chi connectivity index (χ0n) is 68.7. The van der Waals surface area contributed by atoms with Gasteiger partial charge >= 0.3 is 0 Å². The molecule has 0 radical (unpaired) electrons. The van der Waals surface area contributed by atoms with E-state index < -0.39 is 0 Å². The van der Waals surface area contributed by atoms with Gasteiger partial charge in [-0.05, 0) is 182 Å². The van der Waals surface area contributed by atoms with Crippen LogP contribution in [0.4, 0.5) is 4.39 Å². The number of imidazole rings is 2. The van der Waals surface area contributed by atoms with Gasteiger partial charge in [0.05, 0.1) is 63.2 Å². The highest BCUT2D eigenvalue weighted by Crippen LogP contribution is 2.35. The number of fused-ring (bicyclic) bond motifs is 3.